The molecule has 2 fully saturated rings. The first-order valence-electron chi connectivity index (χ1n) is 17.4. The molecule has 272 valence electrons. The Kier molecular flexibility index (Phi) is 12.0. The standard InChI is InChI=1S/C41H49FNO7P/c1-29-38(49-40(46-4)24-26-43(27-25-40)36-15-11-10-14-35(36)42)39(50-51(5)6)37(48-29)28-47-41(30-12-8-7-9-13-30,31-16-20-33(44-2)21-17-31)32-18-22-34(45-3)23-19-32/h7-23,29,37-39H,24-28H2,1-6H3/t29-,37+,38-,39+/m0/s1. The minimum absolute atomic E-state index is 0.214. The number of rotatable bonds is 14. The highest BCUT2D eigenvalue weighted by Gasteiger charge is 2.51. The summed E-state index contributed by atoms with van der Waals surface area (Å²) in [7, 11) is 4.22. The first-order valence-corrected chi connectivity index (χ1v) is 19.6. The van der Waals surface area contributed by atoms with Crippen LogP contribution in [0, 0.1) is 5.82 Å². The minimum atomic E-state index is -1.01. The Labute approximate surface area is 302 Å². The first kappa shape index (κ1) is 37.2. The van der Waals surface area contributed by atoms with Crippen molar-refractivity contribution in [3.8, 4) is 11.5 Å². The van der Waals surface area contributed by atoms with Gasteiger partial charge >= 0.3 is 0 Å². The van der Waals surface area contributed by atoms with E-state index in [0.29, 0.717) is 31.6 Å². The van der Waals surface area contributed by atoms with Crippen molar-refractivity contribution in [2.45, 2.75) is 55.6 Å². The van der Waals surface area contributed by atoms with Gasteiger partial charge < -0.3 is 37.8 Å². The van der Waals surface area contributed by atoms with Gasteiger partial charge in [0, 0.05) is 41.2 Å². The number of methoxy groups -OCH3 is 3. The first-order chi connectivity index (χ1) is 24.7. The van der Waals surface area contributed by atoms with E-state index in [1.165, 1.54) is 6.07 Å². The van der Waals surface area contributed by atoms with Crippen molar-refractivity contribution in [2.24, 2.45) is 0 Å². The van der Waals surface area contributed by atoms with Crippen molar-refractivity contribution >= 4 is 13.8 Å². The summed E-state index contributed by atoms with van der Waals surface area (Å²) in [6.45, 7) is 7.57. The summed E-state index contributed by atoms with van der Waals surface area (Å²) >= 11 is 0. The van der Waals surface area contributed by atoms with Crippen LogP contribution in [0.5, 0.6) is 11.5 Å². The van der Waals surface area contributed by atoms with E-state index in [9.17, 15) is 4.39 Å². The largest absolute Gasteiger partial charge is 0.497 e. The molecular formula is C41H49FNO7P. The van der Waals surface area contributed by atoms with Gasteiger partial charge in [-0.3, -0.25) is 0 Å². The van der Waals surface area contributed by atoms with Gasteiger partial charge in [-0.2, -0.15) is 0 Å². The lowest BCUT2D eigenvalue weighted by atomic mass is 9.80. The molecule has 2 saturated heterocycles. The number of piperidine rings is 1. The smallest absolute Gasteiger partial charge is 0.171 e. The molecular weight excluding hydrogens is 668 g/mol. The zero-order valence-corrected chi connectivity index (χ0v) is 31.2. The number of hydrogen-bond acceptors (Lipinski definition) is 8. The summed E-state index contributed by atoms with van der Waals surface area (Å²) in [6, 6.07) is 33.1. The van der Waals surface area contributed by atoms with Crippen molar-refractivity contribution in [1.29, 1.82) is 0 Å². The van der Waals surface area contributed by atoms with Gasteiger partial charge in [-0.1, -0.05) is 66.7 Å². The minimum Gasteiger partial charge on any atom is -0.497 e. The molecule has 4 aromatic rings. The summed E-state index contributed by atoms with van der Waals surface area (Å²) in [6.07, 6.45) is -0.457. The topological polar surface area (TPSA) is 67.9 Å². The maximum absolute atomic E-state index is 14.6. The molecule has 0 amide bonds. The van der Waals surface area contributed by atoms with Crippen LogP contribution < -0.4 is 14.4 Å². The van der Waals surface area contributed by atoms with Crippen LogP contribution in [0.25, 0.3) is 0 Å². The fraction of sp³-hybridized carbons (Fsp3) is 0.415. The maximum atomic E-state index is 14.6. The van der Waals surface area contributed by atoms with Crippen molar-refractivity contribution in [2.75, 3.05) is 59.3 Å². The Balaban J connectivity index is 1.30. The Morgan fingerprint density at radius 1 is 0.765 bits per heavy atom. The molecule has 6 rings (SSSR count). The molecule has 2 aliphatic heterocycles. The summed E-state index contributed by atoms with van der Waals surface area (Å²) in [5.74, 6) is 0.407. The average molecular weight is 718 g/mol. The molecule has 0 aliphatic carbocycles. The molecule has 4 aromatic carbocycles. The molecule has 10 heteroatoms. The zero-order valence-electron chi connectivity index (χ0n) is 30.3. The third-order valence-corrected chi connectivity index (χ3v) is 10.6. The molecule has 51 heavy (non-hydrogen) atoms. The molecule has 0 unspecified atom stereocenters. The third-order valence-electron chi connectivity index (χ3n) is 9.95. The molecule has 0 spiro atoms. The normalized spacial score (nSPS) is 21.9. The Morgan fingerprint density at radius 3 is 1.84 bits per heavy atom. The van der Waals surface area contributed by atoms with Crippen LogP contribution in [0.3, 0.4) is 0 Å². The van der Waals surface area contributed by atoms with Crippen LogP contribution in [0.15, 0.2) is 103 Å². The van der Waals surface area contributed by atoms with Crippen LogP contribution in [0.1, 0.15) is 36.5 Å². The SMILES string of the molecule is COc1ccc(C(OC[C@H]2O[C@@H](C)[C@H](OC3(OC)CCN(c4ccccc4F)CC3)[C@@H]2OP(C)C)(c2ccccc2)c2ccc(OC)cc2)cc1. The highest BCUT2D eigenvalue weighted by molar-refractivity contribution is 7.50. The highest BCUT2D eigenvalue weighted by atomic mass is 31.1. The Hall–Kier alpha value is -3.56. The van der Waals surface area contributed by atoms with E-state index in [-0.39, 0.29) is 18.5 Å². The predicted molar refractivity (Wildman–Crippen MR) is 199 cm³/mol. The van der Waals surface area contributed by atoms with Gasteiger partial charge in [-0.15, -0.1) is 0 Å². The van der Waals surface area contributed by atoms with Crippen molar-refractivity contribution in [3.05, 3.63) is 126 Å². The molecule has 8 nitrogen and oxygen atoms in total. The number of nitrogens with zero attached hydrogens (tertiary/aromatic N) is 1. The van der Waals surface area contributed by atoms with Crippen LogP contribution in [0.2, 0.25) is 0 Å². The fourth-order valence-electron chi connectivity index (χ4n) is 7.27. The summed E-state index contributed by atoms with van der Waals surface area (Å²) in [4.78, 5) is 2.05. The Bertz CT molecular complexity index is 1640. The molecule has 0 bridgehead atoms. The second-order valence-corrected chi connectivity index (χ2v) is 15.0. The predicted octanol–water partition coefficient (Wildman–Crippen LogP) is 8.01. The van der Waals surface area contributed by atoms with Crippen molar-refractivity contribution in [3.63, 3.8) is 0 Å². The lowest BCUT2D eigenvalue weighted by molar-refractivity contribution is -0.268. The molecule has 0 N–H and O–H groups in total. The van der Waals surface area contributed by atoms with Gasteiger partial charge in [0.25, 0.3) is 0 Å². The van der Waals surface area contributed by atoms with E-state index in [1.807, 2.05) is 90.7 Å². The van der Waals surface area contributed by atoms with Crippen LogP contribution in [0.4, 0.5) is 10.1 Å². The van der Waals surface area contributed by atoms with Gasteiger partial charge in [-0.25, -0.2) is 4.39 Å². The third kappa shape index (κ3) is 7.95. The number of benzene rings is 4. The average Bonchev–Trinajstić information content (AvgIpc) is 3.45. The van der Waals surface area contributed by atoms with Crippen LogP contribution in [-0.2, 0) is 29.1 Å². The lowest BCUT2D eigenvalue weighted by Gasteiger charge is -2.44. The summed E-state index contributed by atoms with van der Waals surface area (Å²) < 4.78 is 59.3. The monoisotopic (exact) mass is 717 g/mol. The van der Waals surface area contributed by atoms with Crippen LogP contribution in [-0.4, -0.2) is 84.6 Å². The summed E-state index contributed by atoms with van der Waals surface area (Å²) in [5.41, 5.74) is 2.42. The quantitative estimate of drug-likeness (QED) is 0.0739. The molecule has 2 aliphatic rings. The highest BCUT2D eigenvalue weighted by Crippen LogP contribution is 2.45. The van der Waals surface area contributed by atoms with E-state index in [0.717, 1.165) is 28.2 Å². The van der Waals surface area contributed by atoms with E-state index < -0.39 is 37.8 Å². The van der Waals surface area contributed by atoms with E-state index >= 15 is 0 Å². The van der Waals surface area contributed by atoms with Crippen LogP contribution >= 0.6 is 8.15 Å². The van der Waals surface area contributed by atoms with E-state index in [1.54, 1.807) is 27.4 Å². The fourth-order valence-corrected chi connectivity index (χ4v) is 8.02. The van der Waals surface area contributed by atoms with Gasteiger partial charge in [0.1, 0.15) is 41.2 Å². The zero-order chi connectivity index (χ0) is 36.0. The number of anilines is 1. The summed E-state index contributed by atoms with van der Waals surface area (Å²) in [5, 5.41) is 0. The number of para-hydroxylation sites is 1. The van der Waals surface area contributed by atoms with E-state index in [4.69, 9.17) is 32.9 Å². The molecule has 0 saturated carbocycles. The molecule has 0 radical (unpaired) electrons. The second kappa shape index (κ2) is 16.4. The van der Waals surface area contributed by atoms with Crippen molar-refractivity contribution in [1.82, 2.24) is 0 Å². The van der Waals surface area contributed by atoms with Gasteiger partial charge in [-0.05, 0) is 73.3 Å². The number of ether oxygens (including phenoxy) is 6. The van der Waals surface area contributed by atoms with Crippen molar-refractivity contribution < 1.29 is 37.3 Å². The molecule has 0 aromatic heterocycles. The lowest BCUT2D eigenvalue weighted by Crippen LogP contribution is -2.52. The maximum Gasteiger partial charge on any atom is 0.171 e. The number of hydrogen-bond donors (Lipinski definition) is 0. The molecule has 2 heterocycles. The van der Waals surface area contributed by atoms with E-state index in [2.05, 4.69) is 25.5 Å². The Morgan fingerprint density at radius 2 is 1.31 bits per heavy atom. The number of halogens is 1. The van der Waals surface area contributed by atoms with Gasteiger partial charge in [0.15, 0.2) is 5.79 Å². The second-order valence-electron chi connectivity index (χ2n) is 13.2. The van der Waals surface area contributed by atoms with Gasteiger partial charge in [0.2, 0.25) is 0 Å². The van der Waals surface area contributed by atoms with Gasteiger partial charge in [0.05, 0.1) is 32.6 Å². The molecule has 4 atom stereocenters.